The highest BCUT2D eigenvalue weighted by Gasteiger charge is 2.31. The lowest BCUT2D eigenvalue weighted by molar-refractivity contribution is 0.0170. The Kier molecular flexibility index (Phi) is 4.92. The quantitative estimate of drug-likeness (QED) is 0.614. The van der Waals surface area contributed by atoms with Crippen LogP contribution in [0.25, 0.3) is 5.69 Å². The van der Waals surface area contributed by atoms with Crippen LogP contribution in [-0.4, -0.2) is 40.2 Å². The smallest absolute Gasteiger partial charge is 0.272 e. The van der Waals surface area contributed by atoms with Crippen molar-refractivity contribution in [2.24, 2.45) is 0 Å². The van der Waals surface area contributed by atoms with Gasteiger partial charge in [-0.25, -0.2) is 21.9 Å². The summed E-state index contributed by atoms with van der Waals surface area (Å²) in [5.41, 5.74) is 2.32. The molecule has 1 aliphatic heterocycles. The van der Waals surface area contributed by atoms with Crippen molar-refractivity contribution in [2.45, 2.75) is 37.8 Å². The van der Waals surface area contributed by atoms with Crippen molar-refractivity contribution >= 4 is 15.7 Å². The number of benzene rings is 1. The Hall–Kier alpha value is -3.14. The molecule has 1 aromatic carbocycles. The van der Waals surface area contributed by atoms with Crippen LogP contribution in [0.1, 0.15) is 39.7 Å². The first-order valence-corrected chi connectivity index (χ1v) is 11.3. The Bertz CT molecular complexity index is 1300. The number of alkyl halides is 2. The highest BCUT2D eigenvalue weighted by molar-refractivity contribution is 7.90. The summed E-state index contributed by atoms with van der Waals surface area (Å²) in [6.07, 6.45) is 5.54. The number of rotatable bonds is 4. The molecule has 0 saturated carbocycles. The molecule has 3 heterocycles. The third kappa shape index (κ3) is 4.07. The molecule has 162 valence electrons. The number of sulfone groups is 1. The van der Waals surface area contributed by atoms with Crippen molar-refractivity contribution in [3.63, 3.8) is 0 Å². The summed E-state index contributed by atoms with van der Waals surface area (Å²) < 4.78 is 52.9. The zero-order valence-electron chi connectivity index (χ0n) is 17.1. The van der Waals surface area contributed by atoms with Crippen LogP contribution < -0.4 is 0 Å². The van der Waals surface area contributed by atoms with E-state index in [0.717, 1.165) is 24.9 Å². The van der Waals surface area contributed by atoms with Crippen molar-refractivity contribution in [2.75, 3.05) is 6.26 Å². The molecule has 0 aliphatic carbocycles. The van der Waals surface area contributed by atoms with Crippen LogP contribution in [0.4, 0.5) is 8.78 Å². The fourth-order valence-corrected chi connectivity index (χ4v) is 4.12. The van der Waals surface area contributed by atoms with Gasteiger partial charge in [-0.15, -0.1) is 0 Å². The Morgan fingerprint density at radius 3 is 2.52 bits per heavy atom. The lowest BCUT2D eigenvalue weighted by Gasteiger charge is -2.18. The molecule has 0 N–H and O–H groups in total. The van der Waals surface area contributed by atoms with Gasteiger partial charge in [0.15, 0.2) is 9.84 Å². The van der Waals surface area contributed by atoms with Crippen LogP contribution >= 0.6 is 0 Å². The first-order valence-electron chi connectivity index (χ1n) is 9.44. The number of hydrogen-bond donors (Lipinski definition) is 0. The molecule has 0 unspecified atom stereocenters. The normalized spacial score (nSPS) is 14.0. The van der Waals surface area contributed by atoms with E-state index in [0.29, 0.717) is 16.9 Å². The van der Waals surface area contributed by atoms with E-state index in [1.165, 1.54) is 33.8 Å². The number of nitrogens with zero attached hydrogens (tertiary/aromatic N) is 4. The average molecular weight is 446 g/mol. The van der Waals surface area contributed by atoms with Crippen LogP contribution in [-0.2, 0) is 28.8 Å². The van der Waals surface area contributed by atoms with Gasteiger partial charge >= 0.3 is 0 Å². The van der Waals surface area contributed by atoms with Gasteiger partial charge in [-0.2, -0.15) is 5.10 Å². The number of carbonyl (C=O) groups is 1. The molecule has 2 aromatic heterocycles. The number of aromatic nitrogens is 3. The molecule has 0 fully saturated rings. The first kappa shape index (κ1) is 21.1. The summed E-state index contributed by atoms with van der Waals surface area (Å²) in [5.74, 6) is -3.47. The standard InChI is InChI=1S/C21H20F2N4O3S/c1-13-8-25-27(10-13)19-5-4-16(31(3,29)30)7-17(19)20(28)26-11-14-6-15(21(2,22)23)9-24-18(14)12-26/h4-10H,11-12H2,1-3H3. The maximum Gasteiger partial charge on any atom is 0.272 e. The van der Waals surface area contributed by atoms with Gasteiger partial charge < -0.3 is 4.90 Å². The van der Waals surface area contributed by atoms with Gasteiger partial charge in [0.2, 0.25) is 0 Å². The van der Waals surface area contributed by atoms with Gasteiger partial charge in [0.05, 0.1) is 34.6 Å². The molecule has 10 heteroatoms. The largest absolute Gasteiger partial charge is 0.328 e. The molecule has 7 nitrogen and oxygen atoms in total. The van der Waals surface area contributed by atoms with Crippen LogP contribution in [0, 0.1) is 6.92 Å². The van der Waals surface area contributed by atoms with Gasteiger partial charge in [0.25, 0.3) is 11.8 Å². The first-order chi connectivity index (χ1) is 14.4. The van der Waals surface area contributed by atoms with Gasteiger partial charge in [-0.3, -0.25) is 9.78 Å². The van der Waals surface area contributed by atoms with E-state index < -0.39 is 21.7 Å². The zero-order chi connectivity index (χ0) is 22.6. The van der Waals surface area contributed by atoms with Crippen molar-refractivity contribution in [3.8, 4) is 5.69 Å². The molecule has 0 spiro atoms. The summed E-state index contributed by atoms with van der Waals surface area (Å²) >= 11 is 0. The SMILES string of the molecule is Cc1cnn(-c2ccc(S(C)(=O)=O)cc2C(=O)N2Cc3cc(C(C)(F)F)cnc3C2)c1. The summed E-state index contributed by atoms with van der Waals surface area (Å²) in [6, 6.07) is 5.65. The van der Waals surface area contributed by atoms with Crippen molar-refractivity contribution in [3.05, 3.63) is 70.8 Å². The molecule has 0 atom stereocenters. The van der Waals surface area contributed by atoms with Crippen molar-refractivity contribution < 1.29 is 22.0 Å². The highest BCUT2D eigenvalue weighted by atomic mass is 32.2. The summed E-state index contributed by atoms with van der Waals surface area (Å²) in [6.45, 7) is 2.89. The van der Waals surface area contributed by atoms with Crippen LogP contribution in [0.2, 0.25) is 0 Å². The molecule has 0 bridgehead atoms. The fraction of sp³-hybridized carbons (Fsp3) is 0.286. The van der Waals surface area contributed by atoms with Crippen molar-refractivity contribution in [1.82, 2.24) is 19.7 Å². The van der Waals surface area contributed by atoms with E-state index in [2.05, 4.69) is 10.1 Å². The Morgan fingerprint density at radius 1 is 1.16 bits per heavy atom. The second-order valence-corrected chi connectivity index (χ2v) is 9.81. The second kappa shape index (κ2) is 7.23. The second-order valence-electron chi connectivity index (χ2n) is 7.79. The number of halogens is 2. The Labute approximate surface area is 178 Å². The number of aryl methyl sites for hydroxylation is 1. The fourth-order valence-electron chi connectivity index (χ4n) is 3.48. The average Bonchev–Trinajstić information content (AvgIpc) is 3.31. The zero-order valence-corrected chi connectivity index (χ0v) is 17.9. The molecule has 0 radical (unpaired) electrons. The Balaban J connectivity index is 1.73. The summed E-state index contributed by atoms with van der Waals surface area (Å²) in [4.78, 5) is 19.0. The van der Waals surface area contributed by atoms with Gasteiger partial charge in [-0.1, -0.05) is 0 Å². The highest BCUT2D eigenvalue weighted by Crippen LogP contribution is 2.31. The Morgan fingerprint density at radius 2 is 1.90 bits per heavy atom. The predicted molar refractivity (Wildman–Crippen MR) is 109 cm³/mol. The number of hydrogen-bond acceptors (Lipinski definition) is 5. The maximum absolute atomic E-state index is 13.7. The number of pyridine rings is 1. The van der Waals surface area contributed by atoms with Crippen LogP contribution in [0.15, 0.2) is 47.8 Å². The minimum Gasteiger partial charge on any atom is -0.328 e. The van der Waals surface area contributed by atoms with E-state index >= 15 is 0 Å². The lowest BCUT2D eigenvalue weighted by atomic mass is 10.1. The van der Waals surface area contributed by atoms with Crippen LogP contribution in [0.5, 0.6) is 0 Å². The summed E-state index contributed by atoms with van der Waals surface area (Å²) in [7, 11) is -3.55. The minimum atomic E-state index is -3.55. The molecule has 1 amide bonds. The molecule has 1 aliphatic rings. The maximum atomic E-state index is 13.7. The third-order valence-corrected chi connectivity index (χ3v) is 6.25. The number of amides is 1. The molecule has 0 saturated heterocycles. The van der Waals surface area contributed by atoms with E-state index in [1.54, 1.807) is 12.4 Å². The summed E-state index contributed by atoms with van der Waals surface area (Å²) in [5, 5.41) is 4.23. The minimum absolute atomic E-state index is 0.00576. The number of carbonyl (C=O) groups excluding carboxylic acids is 1. The van der Waals surface area contributed by atoms with E-state index in [4.69, 9.17) is 0 Å². The van der Waals surface area contributed by atoms with E-state index in [-0.39, 0.29) is 29.1 Å². The number of fused-ring (bicyclic) bond motifs is 1. The molecule has 31 heavy (non-hydrogen) atoms. The van der Waals surface area contributed by atoms with E-state index in [9.17, 15) is 22.0 Å². The molecular weight excluding hydrogens is 426 g/mol. The van der Waals surface area contributed by atoms with Gasteiger partial charge in [0.1, 0.15) is 0 Å². The van der Waals surface area contributed by atoms with Crippen LogP contribution in [0.3, 0.4) is 0 Å². The predicted octanol–water partition coefficient (Wildman–Crippen LogP) is 3.25. The van der Waals surface area contributed by atoms with Gasteiger partial charge in [-0.05, 0) is 42.3 Å². The topological polar surface area (TPSA) is 85.2 Å². The van der Waals surface area contributed by atoms with Crippen molar-refractivity contribution in [1.29, 1.82) is 0 Å². The molecule has 3 aromatic rings. The van der Waals surface area contributed by atoms with Gasteiger partial charge in [0, 0.05) is 37.7 Å². The molecular formula is C21H20F2N4O3S. The van der Waals surface area contributed by atoms with E-state index in [1.807, 2.05) is 6.92 Å². The monoisotopic (exact) mass is 446 g/mol. The third-order valence-electron chi connectivity index (χ3n) is 5.14. The lowest BCUT2D eigenvalue weighted by Crippen LogP contribution is -2.27. The molecule has 4 rings (SSSR count).